The van der Waals surface area contributed by atoms with Crippen molar-refractivity contribution in [1.82, 2.24) is 15.1 Å². The fourth-order valence-corrected chi connectivity index (χ4v) is 2.08. The molecule has 17 heavy (non-hydrogen) atoms. The lowest BCUT2D eigenvalue weighted by Gasteiger charge is -2.22. The lowest BCUT2D eigenvalue weighted by molar-refractivity contribution is 0.332. The normalized spacial score (nSPS) is 14.9. The molecule has 0 saturated heterocycles. The van der Waals surface area contributed by atoms with Gasteiger partial charge in [-0.15, -0.1) is 0 Å². The van der Waals surface area contributed by atoms with Crippen LogP contribution in [0, 0.1) is 19.8 Å². The van der Waals surface area contributed by atoms with E-state index in [9.17, 15) is 0 Å². The summed E-state index contributed by atoms with van der Waals surface area (Å²) >= 11 is 6.17. The number of nitrogens with one attached hydrogen (secondary N) is 1. The van der Waals surface area contributed by atoms with Crippen LogP contribution in [0.15, 0.2) is 0 Å². The second-order valence-electron chi connectivity index (χ2n) is 4.85. The summed E-state index contributed by atoms with van der Waals surface area (Å²) < 4.78 is 2.05. The molecule has 4 heteroatoms. The Labute approximate surface area is 110 Å². The quantitative estimate of drug-likeness (QED) is 0.792. The Morgan fingerprint density at radius 3 is 2.47 bits per heavy atom. The lowest BCUT2D eigenvalue weighted by atomic mass is 10.0. The van der Waals surface area contributed by atoms with E-state index in [-0.39, 0.29) is 0 Å². The van der Waals surface area contributed by atoms with Gasteiger partial charge in [0.15, 0.2) is 0 Å². The zero-order valence-electron chi connectivity index (χ0n) is 11.5. The van der Waals surface area contributed by atoms with Crippen LogP contribution in [0.4, 0.5) is 0 Å². The molecule has 0 fully saturated rings. The molecule has 0 radical (unpaired) electrons. The van der Waals surface area contributed by atoms with Crippen molar-refractivity contribution in [2.45, 2.75) is 47.1 Å². The predicted molar refractivity (Wildman–Crippen MR) is 73.7 cm³/mol. The average molecular weight is 258 g/mol. The fraction of sp³-hybridized carbons (Fsp3) is 0.769. The fourth-order valence-electron chi connectivity index (χ4n) is 1.96. The molecule has 1 heterocycles. The van der Waals surface area contributed by atoms with Crippen molar-refractivity contribution >= 4 is 11.6 Å². The van der Waals surface area contributed by atoms with Gasteiger partial charge in [-0.05, 0) is 46.2 Å². The monoisotopic (exact) mass is 257 g/mol. The third-order valence-electron chi connectivity index (χ3n) is 3.34. The topological polar surface area (TPSA) is 29.9 Å². The van der Waals surface area contributed by atoms with Gasteiger partial charge in [0.05, 0.1) is 22.5 Å². The summed E-state index contributed by atoms with van der Waals surface area (Å²) in [4.78, 5) is 0. The van der Waals surface area contributed by atoms with Crippen LogP contribution in [0.25, 0.3) is 0 Å². The molecule has 0 saturated carbocycles. The smallest absolute Gasteiger partial charge is 0.0844 e. The van der Waals surface area contributed by atoms with Crippen LogP contribution in [0.2, 0.25) is 5.02 Å². The number of hydrogen-bond donors (Lipinski definition) is 1. The van der Waals surface area contributed by atoms with E-state index in [1.54, 1.807) is 0 Å². The molecule has 3 nitrogen and oxygen atoms in total. The zero-order valence-corrected chi connectivity index (χ0v) is 12.3. The molecule has 0 aromatic carbocycles. The minimum atomic E-state index is 0.366. The van der Waals surface area contributed by atoms with E-state index in [0.717, 1.165) is 29.5 Å². The summed E-state index contributed by atoms with van der Waals surface area (Å²) in [6, 6.07) is 0.366. The maximum absolute atomic E-state index is 6.17. The highest BCUT2D eigenvalue weighted by Gasteiger charge is 2.19. The standard InChI is InChI=1S/C13H24ClN3/c1-6-7-15-8-9(2)11(4)17-12(5)13(14)10(3)16-17/h9,11,15H,6-8H2,1-5H3. The Hall–Kier alpha value is -0.540. The van der Waals surface area contributed by atoms with Crippen LogP contribution in [-0.2, 0) is 0 Å². The maximum atomic E-state index is 6.17. The third kappa shape index (κ3) is 3.46. The van der Waals surface area contributed by atoms with Crippen molar-refractivity contribution in [2.75, 3.05) is 13.1 Å². The van der Waals surface area contributed by atoms with Gasteiger partial charge in [-0.2, -0.15) is 5.10 Å². The van der Waals surface area contributed by atoms with E-state index >= 15 is 0 Å². The molecule has 98 valence electrons. The molecule has 2 unspecified atom stereocenters. The summed E-state index contributed by atoms with van der Waals surface area (Å²) in [6.45, 7) is 12.7. The molecule has 0 aliphatic rings. The Kier molecular flexibility index (Phi) is 5.47. The second kappa shape index (κ2) is 6.41. The highest BCUT2D eigenvalue weighted by molar-refractivity contribution is 6.31. The van der Waals surface area contributed by atoms with Crippen molar-refractivity contribution in [1.29, 1.82) is 0 Å². The Balaban J connectivity index is 2.68. The van der Waals surface area contributed by atoms with Gasteiger partial charge < -0.3 is 5.32 Å². The van der Waals surface area contributed by atoms with Crippen LogP contribution in [-0.4, -0.2) is 22.9 Å². The first-order valence-corrected chi connectivity index (χ1v) is 6.78. The van der Waals surface area contributed by atoms with Crippen LogP contribution in [0.3, 0.4) is 0 Å². The van der Waals surface area contributed by atoms with Gasteiger partial charge in [0.2, 0.25) is 0 Å². The third-order valence-corrected chi connectivity index (χ3v) is 3.89. The molecular formula is C13H24ClN3. The minimum Gasteiger partial charge on any atom is -0.316 e. The molecular weight excluding hydrogens is 234 g/mol. The predicted octanol–water partition coefficient (Wildman–Crippen LogP) is 3.35. The molecule has 1 aromatic rings. The van der Waals surface area contributed by atoms with E-state index in [2.05, 4.69) is 35.9 Å². The van der Waals surface area contributed by atoms with Crippen molar-refractivity contribution < 1.29 is 0 Å². The number of rotatable bonds is 6. The lowest BCUT2D eigenvalue weighted by Crippen LogP contribution is -2.28. The van der Waals surface area contributed by atoms with Gasteiger partial charge in [-0.1, -0.05) is 25.4 Å². The molecule has 1 N–H and O–H groups in total. The van der Waals surface area contributed by atoms with Crippen LogP contribution >= 0.6 is 11.6 Å². The van der Waals surface area contributed by atoms with Gasteiger partial charge in [0.1, 0.15) is 0 Å². The van der Waals surface area contributed by atoms with Crippen molar-refractivity contribution in [2.24, 2.45) is 5.92 Å². The van der Waals surface area contributed by atoms with E-state index in [0.29, 0.717) is 12.0 Å². The number of nitrogens with zero attached hydrogens (tertiary/aromatic N) is 2. The van der Waals surface area contributed by atoms with Gasteiger partial charge in [0, 0.05) is 0 Å². The number of halogens is 1. The average Bonchev–Trinajstić information content (AvgIpc) is 2.56. The van der Waals surface area contributed by atoms with Crippen LogP contribution in [0.5, 0.6) is 0 Å². The van der Waals surface area contributed by atoms with E-state index in [1.807, 2.05) is 13.8 Å². The number of aryl methyl sites for hydroxylation is 1. The first-order valence-electron chi connectivity index (χ1n) is 6.40. The van der Waals surface area contributed by atoms with Crippen LogP contribution in [0.1, 0.15) is 44.6 Å². The van der Waals surface area contributed by atoms with E-state index in [1.165, 1.54) is 6.42 Å². The number of aromatic nitrogens is 2. The summed E-state index contributed by atoms with van der Waals surface area (Å²) in [5, 5.41) is 8.77. The molecule has 0 bridgehead atoms. The zero-order chi connectivity index (χ0) is 13.0. The van der Waals surface area contributed by atoms with Crippen molar-refractivity contribution in [3.8, 4) is 0 Å². The largest absolute Gasteiger partial charge is 0.316 e. The molecule has 1 rings (SSSR count). The SMILES string of the molecule is CCCNCC(C)C(C)n1nc(C)c(Cl)c1C. The van der Waals surface area contributed by atoms with Crippen molar-refractivity contribution in [3.05, 3.63) is 16.4 Å². The first kappa shape index (κ1) is 14.5. The highest BCUT2D eigenvalue weighted by atomic mass is 35.5. The summed E-state index contributed by atoms with van der Waals surface area (Å²) in [7, 11) is 0. The molecule has 2 atom stereocenters. The minimum absolute atomic E-state index is 0.366. The summed E-state index contributed by atoms with van der Waals surface area (Å²) in [5.41, 5.74) is 1.99. The first-order chi connectivity index (χ1) is 7.99. The van der Waals surface area contributed by atoms with Gasteiger partial charge >= 0.3 is 0 Å². The van der Waals surface area contributed by atoms with Gasteiger partial charge in [0.25, 0.3) is 0 Å². The molecule has 0 amide bonds. The molecule has 0 spiro atoms. The Bertz CT molecular complexity index is 360. The summed E-state index contributed by atoms with van der Waals surface area (Å²) in [6.07, 6.45) is 1.17. The molecule has 0 aliphatic carbocycles. The summed E-state index contributed by atoms with van der Waals surface area (Å²) in [5.74, 6) is 0.538. The van der Waals surface area contributed by atoms with Gasteiger partial charge in [-0.3, -0.25) is 4.68 Å². The van der Waals surface area contributed by atoms with E-state index in [4.69, 9.17) is 11.6 Å². The number of hydrogen-bond acceptors (Lipinski definition) is 2. The maximum Gasteiger partial charge on any atom is 0.0844 e. The Morgan fingerprint density at radius 1 is 1.35 bits per heavy atom. The highest BCUT2D eigenvalue weighted by Crippen LogP contribution is 2.25. The van der Waals surface area contributed by atoms with E-state index < -0.39 is 0 Å². The van der Waals surface area contributed by atoms with Crippen molar-refractivity contribution in [3.63, 3.8) is 0 Å². The molecule has 0 aliphatic heterocycles. The Morgan fingerprint density at radius 2 is 2.00 bits per heavy atom. The second-order valence-corrected chi connectivity index (χ2v) is 5.23. The van der Waals surface area contributed by atoms with Gasteiger partial charge in [-0.25, -0.2) is 0 Å². The molecule has 1 aromatic heterocycles. The van der Waals surface area contributed by atoms with Crippen LogP contribution < -0.4 is 5.32 Å².